The van der Waals surface area contributed by atoms with Crippen molar-refractivity contribution in [3.05, 3.63) is 42.9 Å². The van der Waals surface area contributed by atoms with Crippen LogP contribution in [0.4, 0.5) is 0 Å². The highest BCUT2D eigenvalue weighted by molar-refractivity contribution is 5.90. The second-order valence-corrected chi connectivity index (χ2v) is 5.67. The molecule has 1 fully saturated rings. The molecule has 3 rings (SSSR count). The van der Waals surface area contributed by atoms with Gasteiger partial charge in [0.2, 0.25) is 0 Å². The smallest absolute Gasteiger partial charge is 0.106 e. The first-order chi connectivity index (χ1) is 10.4. The number of rotatable bonds is 5. The molecule has 0 aromatic carbocycles. The Labute approximate surface area is 124 Å². The lowest BCUT2D eigenvalue weighted by Crippen LogP contribution is -2.29. The van der Waals surface area contributed by atoms with Crippen LogP contribution in [0.15, 0.2) is 46.7 Å². The minimum absolute atomic E-state index is 0.0354. The monoisotopic (exact) mass is 287 g/mol. The third-order valence-electron chi connectivity index (χ3n) is 4.34. The Hall–Kier alpha value is -2.04. The lowest BCUT2D eigenvalue weighted by molar-refractivity contribution is 0.301. The molecule has 1 aliphatic carbocycles. The van der Waals surface area contributed by atoms with Crippen molar-refractivity contribution in [2.24, 2.45) is 11.1 Å². The lowest BCUT2D eigenvalue weighted by atomic mass is 9.82. The van der Waals surface area contributed by atoms with Gasteiger partial charge in [-0.15, -0.1) is 0 Å². The number of oxime groups is 1. The molecule has 0 saturated heterocycles. The Morgan fingerprint density at radius 3 is 2.90 bits per heavy atom. The van der Waals surface area contributed by atoms with Gasteiger partial charge in [-0.1, -0.05) is 24.4 Å². The van der Waals surface area contributed by atoms with E-state index in [0.717, 1.165) is 24.3 Å². The molecule has 1 saturated carbocycles. The van der Waals surface area contributed by atoms with Gasteiger partial charge in [-0.2, -0.15) is 0 Å². The topological polar surface area (TPSA) is 63.6 Å². The number of hydrogen-bond donors (Lipinski definition) is 1. The van der Waals surface area contributed by atoms with E-state index in [1.54, 1.807) is 18.8 Å². The van der Waals surface area contributed by atoms with Crippen LogP contribution in [0, 0.1) is 5.92 Å². The van der Waals surface area contributed by atoms with Crippen LogP contribution < -0.4 is 0 Å². The molecule has 0 bridgehead atoms. The lowest BCUT2D eigenvalue weighted by Gasteiger charge is -2.28. The van der Waals surface area contributed by atoms with Crippen LogP contribution in [-0.4, -0.2) is 20.5 Å². The van der Waals surface area contributed by atoms with Crippen molar-refractivity contribution in [3.8, 4) is 0 Å². The maximum absolute atomic E-state index is 9.60. The zero-order valence-corrected chi connectivity index (χ0v) is 12.1. The second-order valence-electron chi connectivity index (χ2n) is 5.67. The molecule has 0 radical (unpaired) electrons. The summed E-state index contributed by atoms with van der Waals surface area (Å²) in [5.74, 6) is 1.25. The molecule has 1 N–H and O–H groups in total. The third kappa shape index (κ3) is 3.17. The van der Waals surface area contributed by atoms with Crippen molar-refractivity contribution >= 4 is 5.71 Å². The molecule has 2 aromatic rings. The van der Waals surface area contributed by atoms with Crippen molar-refractivity contribution < 1.29 is 9.62 Å². The van der Waals surface area contributed by atoms with Crippen molar-refractivity contribution in [2.45, 2.75) is 44.6 Å². The van der Waals surface area contributed by atoms with E-state index < -0.39 is 0 Å². The number of nitrogens with zero attached hydrogens (tertiary/aromatic N) is 3. The fourth-order valence-corrected chi connectivity index (χ4v) is 3.25. The predicted octanol–water partition coefficient (Wildman–Crippen LogP) is 3.67. The SMILES string of the molecule is O/N=C(\C1CCCCC1)C(Cc1ccco1)n1ccnc1. The number of imidazole rings is 1. The zero-order chi connectivity index (χ0) is 14.5. The standard InChI is InChI=1S/C16H21N3O2/c20-18-16(13-5-2-1-3-6-13)15(19-9-8-17-12-19)11-14-7-4-10-21-14/h4,7-10,12-13,15,20H,1-3,5-6,11H2/b18-16+. The molecule has 1 atom stereocenters. The average Bonchev–Trinajstić information content (AvgIpc) is 3.22. The van der Waals surface area contributed by atoms with Gasteiger partial charge in [-0.25, -0.2) is 4.98 Å². The van der Waals surface area contributed by atoms with Crippen molar-refractivity contribution in [1.29, 1.82) is 0 Å². The molecule has 0 amide bonds. The molecular formula is C16H21N3O2. The van der Waals surface area contributed by atoms with Crippen LogP contribution in [0.3, 0.4) is 0 Å². The van der Waals surface area contributed by atoms with E-state index in [4.69, 9.17) is 4.42 Å². The molecular weight excluding hydrogens is 266 g/mol. The van der Waals surface area contributed by atoms with Gasteiger partial charge in [0.25, 0.3) is 0 Å². The molecule has 0 spiro atoms. The van der Waals surface area contributed by atoms with E-state index in [-0.39, 0.29) is 6.04 Å². The number of furan rings is 1. The Bertz CT molecular complexity index is 554. The van der Waals surface area contributed by atoms with E-state index in [2.05, 4.69) is 10.1 Å². The van der Waals surface area contributed by atoms with Gasteiger partial charge in [0, 0.05) is 24.7 Å². The Morgan fingerprint density at radius 1 is 1.43 bits per heavy atom. The van der Waals surface area contributed by atoms with Crippen LogP contribution in [0.25, 0.3) is 0 Å². The summed E-state index contributed by atoms with van der Waals surface area (Å²) < 4.78 is 7.48. The first kappa shape index (κ1) is 13.9. The van der Waals surface area contributed by atoms with Gasteiger partial charge < -0.3 is 14.2 Å². The summed E-state index contributed by atoms with van der Waals surface area (Å²) in [5.41, 5.74) is 0.851. The normalized spacial score (nSPS) is 18.8. The van der Waals surface area contributed by atoms with Gasteiger partial charge in [0.15, 0.2) is 0 Å². The molecule has 21 heavy (non-hydrogen) atoms. The summed E-state index contributed by atoms with van der Waals surface area (Å²) in [6.07, 6.45) is 13.7. The molecule has 0 aliphatic heterocycles. The maximum Gasteiger partial charge on any atom is 0.106 e. The van der Waals surface area contributed by atoms with Gasteiger partial charge >= 0.3 is 0 Å². The maximum atomic E-state index is 9.60. The van der Waals surface area contributed by atoms with Crippen molar-refractivity contribution in [2.75, 3.05) is 0 Å². The van der Waals surface area contributed by atoms with Crippen LogP contribution in [0.2, 0.25) is 0 Å². The van der Waals surface area contributed by atoms with Crippen LogP contribution in [0.5, 0.6) is 0 Å². The summed E-state index contributed by atoms with van der Waals surface area (Å²) in [6.45, 7) is 0. The molecule has 5 heteroatoms. The average molecular weight is 287 g/mol. The predicted molar refractivity (Wildman–Crippen MR) is 79.5 cm³/mol. The Kier molecular flexibility index (Phi) is 4.38. The highest BCUT2D eigenvalue weighted by atomic mass is 16.4. The minimum atomic E-state index is -0.0354. The van der Waals surface area contributed by atoms with Gasteiger partial charge in [-0.05, 0) is 25.0 Å². The first-order valence-corrected chi connectivity index (χ1v) is 7.60. The van der Waals surface area contributed by atoms with Crippen LogP contribution in [0.1, 0.15) is 43.9 Å². The Balaban J connectivity index is 1.86. The summed E-state index contributed by atoms with van der Waals surface area (Å²) in [6, 6.07) is 3.81. The molecule has 5 nitrogen and oxygen atoms in total. The van der Waals surface area contributed by atoms with E-state index in [9.17, 15) is 5.21 Å². The highest BCUT2D eigenvalue weighted by Crippen LogP contribution is 2.30. The molecule has 1 unspecified atom stereocenters. The fraction of sp³-hybridized carbons (Fsp3) is 0.500. The second kappa shape index (κ2) is 6.61. The largest absolute Gasteiger partial charge is 0.469 e. The molecule has 2 aromatic heterocycles. The van der Waals surface area contributed by atoms with E-state index >= 15 is 0 Å². The highest BCUT2D eigenvalue weighted by Gasteiger charge is 2.28. The van der Waals surface area contributed by atoms with Gasteiger partial charge in [-0.3, -0.25) is 0 Å². The number of aromatic nitrogens is 2. The summed E-state index contributed by atoms with van der Waals surface area (Å²) in [4.78, 5) is 4.13. The summed E-state index contributed by atoms with van der Waals surface area (Å²) in [7, 11) is 0. The number of hydrogen-bond acceptors (Lipinski definition) is 4. The third-order valence-corrected chi connectivity index (χ3v) is 4.34. The van der Waals surface area contributed by atoms with E-state index in [1.807, 2.05) is 22.9 Å². The van der Waals surface area contributed by atoms with Crippen LogP contribution in [-0.2, 0) is 6.42 Å². The first-order valence-electron chi connectivity index (χ1n) is 7.60. The van der Waals surface area contributed by atoms with E-state index in [0.29, 0.717) is 12.3 Å². The zero-order valence-electron chi connectivity index (χ0n) is 12.1. The van der Waals surface area contributed by atoms with Gasteiger partial charge in [0.1, 0.15) is 5.76 Å². The Morgan fingerprint density at radius 2 is 2.29 bits per heavy atom. The van der Waals surface area contributed by atoms with Gasteiger partial charge in [0.05, 0.1) is 24.3 Å². The van der Waals surface area contributed by atoms with Crippen molar-refractivity contribution in [1.82, 2.24) is 9.55 Å². The molecule has 1 aliphatic rings. The van der Waals surface area contributed by atoms with Crippen LogP contribution >= 0.6 is 0 Å². The molecule has 112 valence electrons. The fourth-order valence-electron chi connectivity index (χ4n) is 3.25. The summed E-state index contributed by atoms with van der Waals surface area (Å²) in [5, 5.41) is 13.3. The molecule has 2 heterocycles. The minimum Gasteiger partial charge on any atom is -0.469 e. The summed E-state index contributed by atoms with van der Waals surface area (Å²) >= 11 is 0. The van der Waals surface area contributed by atoms with E-state index in [1.165, 1.54) is 19.3 Å². The van der Waals surface area contributed by atoms with Crippen molar-refractivity contribution in [3.63, 3.8) is 0 Å². The quantitative estimate of drug-likeness (QED) is 0.518.